The fourth-order valence-electron chi connectivity index (χ4n) is 3.11. The largest absolute Gasteiger partial charge is 0.396 e. The average molecular weight is 351 g/mol. The molecule has 1 aromatic rings. The number of likely N-dealkylation sites (tertiary alicyclic amines) is 1. The van der Waals surface area contributed by atoms with E-state index in [1.807, 2.05) is 6.07 Å². The molecule has 2 amide bonds. The predicted octanol–water partition coefficient (Wildman–Crippen LogP) is 1.55. The van der Waals surface area contributed by atoms with Crippen LogP contribution in [0.3, 0.4) is 0 Å². The molecule has 2 rings (SSSR count). The van der Waals surface area contributed by atoms with E-state index in [-0.39, 0.29) is 18.1 Å². The molecule has 7 heteroatoms. The van der Waals surface area contributed by atoms with Crippen molar-refractivity contribution in [1.82, 2.24) is 25.3 Å². The minimum absolute atomic E-state index is 0.00352. The summed E-state index contributed by atoms with van der Waals surface area (Å²) in [6, 6.07) is 1.94. The molecule has 0 radical (unpaired) electrons. The number of nitrogens with zero attached hydrogens (tertiary/aromatic N) is 3. The van der Waals surface area contributed by atoms with Crippen LogP contribution in [-0.2, 0) is 12.0 Å². The molecule has 25 heavy (non-hydrogen) atoms. The Morgan fingerprint density at radius 3 is 2.92 bits per heavy atom. The van der Waals surface area contributed by atoms with Crippen molar-refractivity contribution < 1.29 is 9.90 Å². The zero-order chi connectivity index (χ0) is 18.4. The summed E-state index contributed by atoms with van der Waals surface area (Å²) < 4.78 is 0. The minimum Gasteiger partial charge on any atom is -0.396 e. The standard InChI is InChI=1S/C18H33N5O2/c1-18(2,3)16-10-15(20-21-16)12-22(4)17(25)19-7-9-23-8-5-6-14(11-23)13-24/h10,14,24H,5-9,11-13H2,1-4H3,(H,19,25)(H,20,21)/t14-/m0/s1. The molecule has 0 saturated carbocycles. The number of aromatic nitrogens is 2. The number of nitrogens with one attached hydrogen (secondary N) is 2. The van der Waals surface area contributed by atoms with Gasteiger partial charge in [-0.2, -0.15) is 5.10 Å². The lowest BCUT2D eigenvalue weighted by Crippen LogP contribution is -2.44. The number of hydrogen-bond donors (Lipinski definition) is 3. The van der Waals surface area contributed by atoms with E-state index >= 15 is 0 Å². The van der Waals surface area contributed by atoms with Crippen LogP contribution in [0.15, 0.2) is 6.07 Å². The van der Waals surface area contributed by atoms with Crippen molar-refractivity contribution in [1.29, 1.82) is 0 Å². The molecule has 0 bridgehead atoms. The van der Waals surface area contributed by atoms with Crippen molar-refractivity contribution in [3.63, 3.8) is 0 Å². The lowest BCUT2D eigenvalue weighted by molar-refractivity contribution is 0.121. The Morgan fingerprint density at radius 1 is 1.52 bits per heavy atom. The Hall–Kier alpha value is -1.60. The molecule has 2 heterocycles. The molecular formula is C18H33N5O2. The second-order valence-corrected chi connectivity index (χ2v) is 8.11. The summed E-state index contributed by atoms with van der Waals surface area (Å²) in [5.41, 5.74) is 1.93. The number of rotatable bonds is 6. The zero-order valence-electron chi connectivity index (χ0n) is 16.0. The van der Waals surface area contributed by atoms with Gasteiger partial charge in [0.05, 0.1) is 17.9 Å². The second-order valence-electron chi connectivity index (χ2n) is 8.11. The SMILES string of the molecule is CN(Cc1cc(C(C)(C)C)n[nH]1)C(=O)NCCN1CCC[C@H](CO)C1. The summed E-state index contributed by atoms with van der Waals surface area (Å²) in [4.78, 5) is 16.2. The maximum atomic E-state index is 12.2. The van der Waals surface area contributed by atoms with Gasteiger partial charge in [-0.25, -0.2) is 4.79 Å². The molecule has 0 aliphatic carbocycles. The molecule has 1 aliphatic rings. The maximum absolute atomic E-state index is 12.2. The number of amides is 2. The van der Waals surface area contributed by atoms with Crippen LogP contribution in [0.1, 0.15) is 45.0 Å². The molecule has 142 valence electrons. The molecule has 1 saturated heterocycles. The summed E-state index contributed by atoms with van der Waals surface area (Å²) in [7, 11) is 1.79. The van der Waals surface area contributed by atoms with Gasteiger partial charge in [-0.05, 0) is 31.4 Å². The summed E-state index contributed by atoms with van der Waals surface area (Å²) in [5, 5.41) is 19.6. The number of carbonyl (C=O) groups is 1. The van der Waals surface area contributed by atoms with Crippen LogP contribution in [-0.4, -0.2) is 71.0 Å². The monoisotopic (exact) mass is 351 g/mol. The van der Waals surface area contributed by atoms with E-state index in [1.54, 1.807) is 11.9 Å². The van der Waals surface area contributed by atoms with Crippen molar-refractivity contribution in [3.05, 3.63) is 17.5 Å². The first-order chi connectivity index (χ1) is 11.8. The number of H-pyrrole nitrogens is 1. The number of carbonyl (C=O) groups excluding carboxylic acids is 1. The third-order valence-corrected chi connectivity index (χ3v) is 4.72. The summed E-state index contributed by atoms with van der Waals surface area (Å²) in [5.74, 6) is 0.379. The van der Waals surface area contributed by atoms with E-state index in [9.17, 15) is 9.90 Å². The van der Waals surface area contributed by atoms with Crippen molar-refractivity contribution in [2.45, 2.75) is 45.6 Å². The first-order valence-electron chi connectivity index (χ1n) is 9.16. The van der Waals surface area contributed by atoms with Gasteiger partial charge in [0.1, 0.15) is 0 Å². The van der Waals surface area contributed by atoms with Crippen molar-refractivity contribution in [3.8, 4) is 0 Å². The van der Waals surface area contributed by atoms with Crippen molar-refractivity contribution >= 4 is 6.03 Å². The number of aliphatic hydroxyl groups is 1. The third kappa shape index (κ3) is 6.01. The highest BCUT2D eigenvalue weighted by Gasteiger charge is 2.20. The Kier molecular flexibility index (Phi) is 6.84. The van der Waals surface area contributed by atoms with Crippen molar-refractivity contribution in [2.24, 2.45) is 5.92 Å². The van der Waals surface area contributed by atoms with Crippen molar-refractivity contribution in [2.75, 3.05) is 39.8 Å². The highest BCUT2D eigenvalue weighted by atomic mass is 16.3. The number of hydrogen-bond acceptors (Lipinski definition) is 4. The van der Waals surface area contributed by atoms with E-state index in [0.717, 1.165) is 43.9 Å². The Labute approximate surface area is 150 Å². The van der Waals surface area contributed by atoms with E-state index < -0.39 is 0 Å². The van der Waals surface area contributed by atoms with Crippen LogP contribution in [0.25, 0.3) is 0 Å². The van der Waals surface area contributed by atoms with E-state index in [4.69, 9.17) is 0 Å². The first-order valence-corrected chi connectivity index (χ1v) is 9.16. The number of piperidine rings is 1. The molecule has 0 unspecified atom stereocenters. The van der Waals surface area contributed by atoms with Gasteiger partial charge in [-0.1, -0.05) is 20.8 Å². The molecule has 0 spiro atoms. The molecule has 1 fully saturated rings. The van der Waals surface area contributed by atoms with Gasteiger partial charge in [0.15, 0.2) is 0 Å². The van der Waals surface area contributed by atoms with Crippen LogP contribution >= 0.6 is 0 Å². The highest BCUT2D eigenvalue weighted by Crippen LogP contribution is 2.20. The summed E-state index contributed by atoms with van der Waals surface area (Å²) in [6.45, 7) is 10.5. The summed E-state index contributed by atoms with van der Waals surface area (Å²) >= 11 is 0. The van der Waals surface area contributed by atoms with Gasteiger partial charge in [-0.15, -0.1) is 0 Å². The fraction of sp³-hybridized carbons (Fsp3) is 0.778. The van der Waals surface area contributed by atoms with E-state index in [1.165, 1.54) is 0 Å². The molecule has 7 nitrogen and oxygen atoms in total. The number of urea groups is 1. The quantitative estimate of drug-likeness (QED) is 0.726. The minimum atomic E-state index is -0.0809. The summed E-state index contributed by atoms with van der Waals surface area (Å²) in [6.07, 6.45) is 2.22. The molecule has 1 aromatic heterocycles. The van der Waals surface area contributed by atoms with Crippen LogP contribution < -0.4 is 5.32 Å². The average Bonchev–Trinajstić information content (AvgIpc) is 3.03. The van der Waals surface area contributed by atoms with Gasteiger partial charge >= 0.3 is 6.03 Å². The van der Waals surface area contributed by atoms with Gasteiger partial charge < -0.3 is 20.2 Å². The lowest BCUT2D eigenvalue weighted by atomic mass is 9.92. The predicted molar refractivity (Wildman–Crippen MR) is 98.4 cm³/mol. The molecule has 1 atom stereocenters. The van der Waals surface area contributed by atoms with Gasteiger partial charge in [0.2, 0.25) is 0 Å². The first kappa shape index (κ1) is 19.7. The Bertz CT molecular complexity index is 552. The van der Waals surface area contributed by atoms with Crippen LogP contribution in [0.4, 0.5) is 4.79 Å². The van der Waals surface area contributed by atoms with Crippen LogP contribution in [0, 0.1) is 5.92 Å². The highest BCUT2D eigenvalue weighted by molar-refractivity contribution is 5.73. The van der Waals surface area contributed by atoms with E-state index in [0.29, 0.717) is 19.0 Å². The Balaban J connectivity index is 1.72. The van der Waals surface area contributed by atoms with Gasteiger partial charge in [-0.3, -0.25) is 5.10 Å². The van der Waals surface area contributed by atoms with E-state index in [2.05, 4.69) is 41.2 Å². The Morgan fingerprint density at radius 2 is 2.28 bits per heavy atom. The van der Waals surface area contributed by atoms with Crippen LogP contribution in [0.2, 0.25) is 0 Å². The molecule has 1 aliphatic heterocycles. The smallest absolute Gasteiger partial charge is 0.317 e. The normalized spacial score (nSPS) is 19.0. The molecular weight excluding hydrogens is 318 g/mol. The topological polar surface area (TPSA) is 84.5 Å². The second kappa shape index (κ2) is 8.67. The lowest BCUT2D eigenvalue weighted by Gasteiger charge is -2.31. The fourth-order valence-corrected chi connectivity index (χ4v) is 3.11. The molecule has 0 aromatic carbocycles. The number of aromatic amines is 1. The zero-order valence-corrected chi connectivity index (χ0v) is 16.0. The van der Waals surface area contributed by atoms with Crippen LogP contribution in [0.5, 0.6) is 0 Å². The third-order valence-electron chi connectivity index (χ3n) is 4.72. The molecule has 3 N–H and O–H groups in total. The number of aliphatic hydroxyl groups excluding tert-OH is 1. The van der Waals surface area contributed by atoms with Gasteiger partial charge in [0, 0.05) is 38.7 Å². The maximum Gasteiger partial charge on any atom is 0.317 e. The van der Waals surface area contributed by atoms with Gasteiger partial charge in [0.25, 0.3) is 0 Å².